The van der Waals surface area contributed by atoms with Gasteiger partial charge in [-0.2, -0.15) is 10.5 Å². The summed E-state index contributed by atoms with van der Waals surface area (Å²) < 4.78 is 0. The molecule has 4 aliphatic rings. The highest BCUT2D eigenvalue weighted by molar-refractivity contribution is 8.00. The van der Waals surface area contributed by atoms with Crippen molar-refractivity contribution in [2.75, 3.05) is 19.6 Å². The lowest BCUT2D eigenvalue weighted by Crippen LogP contribution is -2.22. The van der Waals surface area contributed by atoms with Crippen LogP contribution in [0, 0.1) is 22.7 Å². The molecule has 10 heteroatoms. The summed E-state index contributed by atoms with van der Waals surface area (Å²) in [5.74, 6) is 0. The number of nitrogens with zero attached hydrogens (tertiary/aromatic N) is 6. The van der Waals surface area contributed by atoms with E-state index >= 15 is 0 Å². The predicted octanol–water partition coefficient (Wildman–Crippen LogP) is 18.8. The zero-order valence-electron chi connectivity index (χ0n) is 38.1. The lowest BCUT2D eigenvalue weighted by molar-refractivity contribution is 1.12. The van der Waals surface area contributed by atoms with Crippen molar-refractivity contribution in [3.05, 3.63) is 230 Å². The molecule has 4 aliphatic heterocycles. The number of rotatable bonds is 5. The second-order valence-corrected chi connectivity index (χ2v) is 21.8. The average molecular weight is 993 g/mol. The van der Waals surface area contributed by atoms with Crippen LogP contribution in [-0.4, -0.2) is 0 Å². The summed E-state index contributed by atoms with van der Waals surface area (Å²) in [7, 11) is 0. The molecule has 0 unspecified atom stereocenters. The maximum atomic E-state index is 11.6. The fourth-order valence-electron chi connectivity index (χ4n) is 10.4. The zero-order valence-corrected chi connectivity index (χ0v) is 41.4. The third-order valence-electron chi connectivity index (χ3n) is 13.5. The van der Waals surface area contributed by atoms with Gasteiger partial charge in [-0.15, -0.1) is 0 Å². The van der Waals surface area contributed by atoms with Gasteiger partial charge in [-0.05, 0) is 121 Å². The van der Waals surface area contributed by atoms with Gasteiger partial charge in [0.15, 0.2) is 0 Å². The number of benzene rings is 10. The van der Waals surface area contributed by atoms with Gasteiger partial charge in [0.1, 0.15) is 0 Å². The third kappa shape index (κ3) is 6.76. The first-order valence-corrected chi connectivity index (χ1v) is 26.7. The topological polar surface area (TPSA) is 60.5 Å². The minimum Gasteiger partial charge on any atom is -0.306 e. The van der Waals surface area contributed by atoms with Crippen molar-refractivity contribution in [1.29, 1.82) is 10.5 Å². The molecule has 338 valence electrons. The molecule has 0 radical (unpaired) electrons. The lowest BCUT2D eigenvalue weighted by Gasteiger charge is -2.39. The molecule has 72 heavy (non-hydrogen) atoms. The van der Waals surface area contributed by atoms with Crippen molar-refractivity contribution < 1.29 is 0 Å². The smallest absolute Gasteiger partial charge is 0.0999 e. The molecule has 0 saturated carbocycles. The summed E-state index contributed by atoms with van der Waals surface area (Å²) in [5.41, 5.74) is 13.9. The van der Waals surface area contributed by atoms with Crippen molar-refractivity contribution in [2.24, 2.45) is 0 Å². The summed E-state index contributed by atoms with van der Waals surface area (Å²) >= 11 is 7.02. The van der Waals surface area contributed by atoms with Crippen LogP contribution in [0.25, 0.3) is 11.1 Å². The Hall–Kier alpha value is -8.22. The normalized spacial score (nSPS) is 13.5. The standard InChI is InChI=1S/C62H36N6S4/c63-37-39-33-51(65-43-17-1-9-25-55(43)69-56-26-10-2-18-44(56)65)53(67-47-21-5-13-29-59(47)71-60-30-14-6-22-48(60)67)35-41(39)42-36-54(68-49-23-7-15-31-61(49)72-62-32-16-8-24-50(62)68)52(34-40(42)38-64)66-45-19-3-11-27-57(45)70-58-28-12-4-20-46(58)66/h1-36H. The predicted molar refractivity (Wildman–Crippen MR) is 297 cm³/mol. The van der Waals surface area contributed by atoms with Gasteiger partial charge >= 0.3 is 0 Å². The highest BCUT2D eigenvalue weighted by Crippen LogP contribution is 2.61. The Kier molecular flexibility index (Phi) is 10.2. The largest absolute Gasteiger partial charge is 0.306 e. The van der Waals surface area contributed by atoms with Crippen molar-refractivity contribution in [3.8, 4) is 23.3 Å². The summed E-state index contributed by atoms with van der Waals surface area (Å²) in [6.45, 7) is 0. The first kappa shape index (κ1) is 42.6. The Morgan fingerprint density at radius 2 is 0.417 bits per heavy atom. The molecule has 6 nitrogen and oxygen atoms in total. The molecule has 0 N–H and O–H groups in total. The van der Waals surface area contributed by atoms with Gasteiger partial charge in [-0.3, -0.25) is 0 Å². The average Bonchev–Trinajstić information content (AvgIpc) is 3.44. The van der Waals surface area contributed by atoms with Gasteiger partial charge in [-0.1, -0.05) is 144 Å². The van der Waals surface area contributed by atoms with E-state index in [0.29, 0.717) is 22.3 Å². The molecule has 0 fully saturated rings. The van der Waals surface area contributed by atoms with E-state index in [1.54, 1.807) is 47.0 Å². The van der Waals surface area contributed by atoms with Gasteiger partial charge in [0.2, 0.25) is 0 Å². The molecule has 0 aromatic heterocycles. The Bertz CT molecular complexity index is 3550. The van der Waals surface area contributed by atoms with Crippen LogP contribution in [0.5, 0.6) is 0 Å². The van der Waals surface area contributed by atoms with Gasteiger partial charge in [0.05, 0.1) is 91.5 Å². The van der Waals surface area contributed by atoms with Crippen LogP contribution in [0.15, 0.2) is 258 Å². The van der Waals surface area contributed by atoms with Crippen molar-refractivity contribution >= 4 is 115 Å². The summed E-state index contributed by atoms with van der Waals surface area (Å²) in [5, 5.41) is 23.3. The molecule has 14 rings (SSSR count). The van der Waals surface area contributed by atoms with Gasteiger partial charge in [0.25, 0.3) is 0 Å². The van der Waals surface area contributed by atoms with Gasteiger partial charge in [0, 0.05) is 50.3 Å². The maximum Gasteiger partial charge on any atom is 0.0999 e. The first-order chi connectivity index (χ1) is 35.6. The fourth-order valence-corrected chi connectivity index (χ4v) is 14.6. The molecule has 10 aromatic rings. The second-order valence-electron chi connectivity index (χ2n) is 17.5. The zero-order chi connectivity index (χ0) is 47.9. The second kappa shape index (κ2) is 17.3. The number of para-hydroxylation sites is 8. The molecule has 0 spiro atoms. The van der Waals surface area contributed by atoms with Crippen LogP contribution < -0.4 is 19.6 Å². The number of fused-ring (bicyclic) bond motifs is 8. The van der Waals surface area contributed by atoms with Crippen LogP contribution in [0.3, 0.4) is 0 Å². The van der Waals surface area contributed by atoms with E-state index in [1.807, 2.05) is 12.1 Å². The van der Waals surface area contributed by atoms with Gasteiger partial charge < -0.3 is 19.6 Å². The molecule has 4 heterocycles. The van der Waals surface area contributed by atoms with E-state index < -0.39 is 0 Å². The summed E-state index contributed by atoms with van der Waals surface area (Å²) in [6, 6.07) is 81.9. The summed E-state index contributed by atoms with van der Waals surface area (Å²) in [4.78, 5) is 18.3. The number of hydrogen-bond acceptors (Lipinski definition) is 10. The molecule has 0 saturated heterocycles. The van der Waals surface area contributed by atoms with Crippen LogP contribution in [0.1, 0.15) is 11.1 Å². The quantitative estimate of drug-likeness (QED) is 0.167. The van der Waals surface area contributed by atoms with Crippen molar-refractivity contribution in [1.82, 2.24) is 0 Å². The lowest BCUT2D eigenvalue weighted by atomic mass is 9.92. The van der Waals surface area contributed by atoms with E-state index in [0.717, 1.165) is 107 Å². The van der Waals surface area contributed by atoms with E-state index in [2.05, 4.69) is 238 Å². The Balaban J connectivity index is 1.09. The van der Waals surface area contributed by atoms with Crippen LogP contribution in [0.2, 0.25) is 0 Å². The minimum absolute atomic E-state index is 0.449. The number of hydrogen-bond donors (Lipinski definition) is 0. The molecular formula is C62H36N6S4. The van der Waals surface area contributed by atoms with E-state index in [9.17, 15) is 10.5 Å². The molecule has 0 aliphatic carbocycles. The SMILES string of the molecule is N#Cc1cc(N2c3ccccc3Sc3ccccc32)c(N2c3ccccc3Sc3ccccc32)cc1-c1cc(N2c3ccccc3Sc3ccccc32)c(N2c3ccccc3Sc3ccccc32)cc1C#N. The van der Waals surface area contributed by atoms with E-state index in [-0.39, 0.29) is 0 Å². The van der Waals surface area contributed by atoms with E-state index in [4.69, 9.17) is 0 Å². The Morgan fingerprint density at radius 3 is 0.611 bits per heavy atom. The maximum absolute atomic E-state index is 11.6. The highest BCUT2D eigenvalue weighted by atomic mass is 32.2. The number of anilines is 12. The monoisotopic (exact) mass is 992 g/mol. The number of nitriles is 2. The van der Waals surface area contributed by atoms with E-state index in [1.165, 1.54) is 0 Å². The molecule has 10 aromatic carbocycles. The van der Waals surface area contributed by atoms with Crippen LogP contribution in [-0.2, 0) is 0 Å². The van der Waals surface area contributed by atoms with Crippen molar-refractivity contribution in [3.63, 3.8) is 0 Å². The highest BCUT2D eigenvalue weighted by Gasteiger charge is 2.36. The molecular weight excluding hydrogens is 957 g/mol. The summed E-state index contributed by atoms with van der Waals surface area (Å²) in [6.07, 6.45) is 0. The molecule has 0 bridgehead atoms. The van der Waals surface area contributed by atoms with Crippen molar-refractivity contribution in [2.45, 2.75) is 39.2 Å². The Morgan fingerprint density at radius 1 is 0.236 bits per heavy atom. The molecule has 0 atom stereocenters. The Labute approximate surface area is 434 Å². The van der Waals surface area contributed by atoms with Crippen LogP contribution in [0.4, 0.5) is 68.2 Å². The first-order valence-electron chi connectivity index (χ1n) is 23.4. The molecule has 0 amide bonds. The fraction of sp³-hybridized carbons (Fsp3) is 0. The minimum atomic E-state index is 0.449. The van der Waals surface area contributed by atoms with Crippen LogP contribution >= 0.6 is 47.0 Å². The third-order valence-corrected chi connectivity index (χ3v) is 18.0. The van der Waals surface area contributed by atoms with Gasteiger partial charge in [-0.25, -0.2) is 0 Å².